The van der Waals surface area contributed by atoms with E-state index in [-0.39, 0.29) is 6.42 Å². The number of allylic oxidation sites excluding steroid dienone is 5. The Labute approximate surface area is 387 Å². The van der Waals surface area contributed by atoms with Crippen molar-refractivity contribution in [2.75, 3.05) is 6.61 Å². The van der Waals surface area contributed by atoms with Crippen LogP contribution in [0.4, 0.5) is 0 Å². The lowest BCUT2D eigenvalue weighted by Crippen LogP contribution is -2.64. The molecule has 1 fully saturated rings. The number of phosphoric ester groups is 1. The quantitative estimate of drug-likeness (QED) is 0.0159. The van der Waals surface area contributed by atoms with Gasteiger partial charge >= 0.3 is 7.82 Å². The van der Waals surface area contributed by atoms with Crippen LogP contribution >= 0.6 is 7.82 Å². The van der Waals surface area contributed by atoms with Crippen molar-refractivity contribution in [1.29, 1.82) is 0 Å². The topological polar surface area (TPSA) is 226 Å². The fraction of sp³-hybridized carbons (Fsp3) is 0.860. The Morgan fingerprint density at radius 1 is 0.547 bits per heavy atom. The number of rotatable bonds is 42. The SMILES string of the molecule is CCCCCCCCCCCC/C=C/CC/C=C/CC/C=C/C(O)C(COP(=O)(O)OC1C(O)C(O)C(O)C(O)C1O)NC(=O)CC(O)CCCCCCCCCCCCCCCC. The highest BCUT2D eigenvalue weighted by molar-refractivity contribution is 7.47. The van der Waals surface area contributed by atoms with Crippen molar-refractivity contribution in [3.8, 4) is 0 Å². The maximum Gasteiger partial charge on any atom is 0.472 e. The summed E-state index contributed by atoms with van der Waals surface area (Å²) in [4.78, 5) is 23.5. The number of aliphatic hydroxyl groups excluding tert-OH is 7. The van der Waals surface area contributed by atoms with Crippen LogP contribution in [0.3, 0.4) is 0 Å². The normalized spacial score (nSPS) is 23.0. The summed E-state index contributed by atoms with van der Waals surface area (Å²) >= 11 is 0. The fourth-order valence-electron chi connectivity index (χ4n) is 8.04. The maximum absolute atomic E-state index is 13.0. The first kappa shape index (κ1) is 60.5. The number of aliphatic hydroxyl groups is 7. The third-order valence-electron chi connectivity index (χ3n) is 12.2. The Morgan fingerprint density at radius 3 is 1.38 bits per heavy atom. The minimum Gasteiger partial charge on any atom is -0.393 e. The Morgan fingerprint density at radius 2 is 0.922 bits per heavy atom. The van der Waals surface area contributed by atoms with E-state index in [9.17, 15) is 50.0 Å². The summed E-state index contributed by atoms with van der Waals surface area (Å²) in [6.07, 6.45) is 32.3. The first-order chi connectivity index (χ1) is 30.8. The molecule has 0 heterocycles. The lowest BCUT2D eigenvalue weighted by Gasteiger charge is -2.41. The summed E-state index contributed by atoms with van der Waals surface area (Å²) in [7, 11) is -5.15. The van der Waals surface area contributed by atoms with Gasteiger partial charge < -0.3 is 46.0 Å². The number of hydrogen-bond donors (Lipinski definition) is 9. The van der Waals surface area contributed by atoms with Gasteiger partial charge in [-0.15, -0.1) is 0 Å². The van der Waals surface area contributed by atoms with Crippen LogP contribution in [0.1, 0.15) is 213 Å². The molecule has 13 nitrogen and oxygen atoms in total. The molecule has 14 heteroatoms. The monoisotopic (exact) mass is 932 g/mol. The minimum atomic E-state index is -5.15. The van der Waals surface area contributed by atoms with Crippen LogP contribution in [-0.4, -0.2) is 108 Å². The van der Waals surface area contributed by atoms with Crippen molar-refractivity contribution in [2.24, 2.45) is 0 Å². The van der Waals surface area contributed by atoms with Crippen LogP contribution in [0.15, 0.2) is 36.5 Å². The zero-order valence-corrected chi connectivity index (χ0v) is 40.8. The molecule has 0 spiro atoms. The third-order valence-corrected chi connectivity index (χ3v) is 13.2. The Kier molecular flexibility index (Phi) is 37.4. The van der Waals surface area contributed by atoms with Gasteiger partial charge in [-0.2, -0.15) is 0 Å². The summed E-state index contributed by atoms with van der Waals surface area (Å²) in [5, 5.41) is 74.6. The van der Waals surface area contributed by atoms with Crippen molar-refractivity contribution < 1.29 is 59.0 Å². The van der Waals surface area contributed by atoms with Crippen molar-refractivity contribution in [1.82, 2.24) is 5.32 Å². The average Bonchev–Trinajstić information content (AvgIpc) is 3.27. The third kappa shape index (κ3) is 30.7. The van der Waals surface area contributed by atoms with Gasteiger partial charge in [0.1, 0.15) is 36.6 Å². The second-order valence-corrected chi connectivity index (χ2v) is 19.6. The van der Waals surface area contributed by atoms with E-state index in [0.29, 0.717) is 19.3 Å². The molecule has 0 aromatic rings. The summed E-state index contributed by atoms with van der Waals surface area (Å²) < 4.78 is 22.9. The maximum atomic E-state index is 13.0. The van der Waals surface area contributed by atoms with Crippen LogP contribution in [0.5, 0.6) is 0 Å². The molecule has 8 atom stereocenters. The predicted octanol–water partition coefficient (Wildman–Crippen LogP) is 9.31. The highest BCUT2D eigenvalue weighted by Gasteiger charge is 2.51. The van der Waals surface area contributed by atoms with Crippen LogP contribution in [-0.2, 0) is 18.4 Å². The zero-order chi connectivity index (χ0) is 47.3. The predicted molar refractivity (Wildman–Crippen MR) is 257 cm³/mol. The molecule has 9 N–H and O–H groups in total. The van der Waals surface area contributed by atoms with E-state index in [1.54, 1.807) is 6.08 Å². The van der Waals surface area contributed by atoms with Gasteiger partial charge in [0.25, 0.3) is 0 Å². The molecule has 1 aliphatic rings. The Balaban J connectivity index is 2.54. The number of nitrogens with one attached hydrogen (secondary N) is 1. The first-order valence-electron chi connectivity index (χ1n) is 25.5. The standard InChI is InChI=1S/C50H94NO12P/c1-3-5-7-9-11-13-15-17-19-20-21-22-23-24-26-28-30-32-34-36-38-43(53)42(40-62-64(60,61)63-50-48(58)46(56)45(55)47(57)49(50)59)51-44(54)39-41(52)37-35-33-31-29-27-25-18-16-14-12-10-8-6-4-2/h22-23,28,30,36,38,41-43,45-50,52-53,55-59H,3-21,24-27,29,31-35,37,39-40H2,1-2H3,(H,51,54)(H,60,61)/b23-22+,30-28+,38-36+. The summed E-state index contributed by atoms with van der Waals surface area (Å²) in [6, 6.07) is -1.26. The van der Waals surface area contributed by atoms with Gasteiger partial charge in [0.2, 0.25) is 5.91 Å². The Bertz CT molecular complexity index is 1240. The molecule has 1 rings (SSSR count). The van der Waals surface area contributed by atoms with Crippen molar-refractivity contribution in [2.45, 2.75) is 268 Å². The largest absolute Gasteiger partial charge is 0.472 e. The Hall–Kier alpha value is -1.48. The van der Waals surface area contributed by atoms with Crippen LogP contribution in [0.25, 0.3) is 0 Å². The lowest BCUT2D eigenvalue weighted by atomic mass is 9.85. The molecule has 0 radical (unpaired) electrons. The number of carbonyl (C=O) groups is 1. The molecular weight excluding hydrogens is 838 g/mol. The van der Waals surface area contributed by atoms with E-state index >= 15 is 0 Å². The smallest absolute Gasteiger partial charge is 0.393 e. The molecule has 0 aromatic carbocycles. The second-order valence-electron chi connectivity index (χ2n) is 18.2. The zero-order valence-electron chi connectivity index (χ0n) is 39.9. The van der Waals surface area contributed by atoms with E-state index in [1.165, 1.54) is 134 Å². The van der Waals surface area contributed by atoms with Crippen molar-refractivity contribution in [3.63, 3.8) is 0 Å². The molecule has 64 heavy (non-hydrogen) atoms. The van der Waals surface area contributed by atoms with Crippen molar-refractivity contribution >= 4 is 13.7 Å². The van der Waals surface area contributed by atoms with E-state index in [1.807, 2.05) is 0 Å². The number of amides is 1. The number of unbranched alkanes of at least 4 members (excludes halogenated alkanes) is 25. The van der Waals surface area contributed by atoms with E-state index < -0.39 is 75.2 Å². The average molecular weight is 932 g/mol. The first-order valence-corrected chi connectivity index (χ1v) is 27.0. The summed E-state index contributed by atoms with van der Waals surface area (Å²) in [6.45, 7) is 3.74. The number of phosphoric acid groups is 1. The molecule has 1 amide bonds. The van der Waals surface area contributed by atoms with E-state index in [0.717, 1.165) is 44.9 Å². The van der Waals surface area contributed by atoms with Crippen LogP contribution in [0, 0.1) is 0 Å². The molecule has 8 unspecified atom stereocenters. The molecule has 0 aliphatic heterocycles. The highest BCUT2D eigenvalue weighted by Crippen LogP contribution is 2.47. The van der Waals surface area contributed by atoms with Gasteiger partial charge in [-0.25, -0.2) is 4.57 Å². The molecule has 1 saturated carbocycles. The van der Waals surface area contributed by atoms with Gasteiger partial charge in [-0.3, -0.25) is 13.8 Å². The van der Waals surface area contributed by atoms with E-state index in [4.69, 9.17) is 9.05 Å². The molecule has 0 aromatic heterocycles. The highest BCUT2D eigenvalue weighted by atomic mass is 31.2. The fourth-order valence-corrected chi connectivity index (χ4v) is 9.00. The molecule has 1 aliphatic carbocycles. The van der Waals surface area contributed by atoms with Gasteiger partial charge in [-0.1, -0.05) is 198 Å². The lowest BCUT2D eigenvalue weighted by molar-refractivity contribution is -0.220. The minimum absolute atomic E-state index is 0.253. The van der Waals surface area contributed by atoms with Crippen LogP contribution < -0.4 is 5.32 Å². The van der Waals surface area contributed by atoms with Gasteiger partial charge in [-0.05, 0) is 44.9 Å². The number of carbonyl (C=O) groups excluding carboxylic acids is 1. The van der Waals surface area contributed by atoms with Gasteiger partial charge in [0, 0.05) is 0 Å². The molecular formula is C50H94NO12P. The van der Waals surface area contributed by atoms with Gasteiger partial charge in [0.15, 0.2) is 0 Å². The molecule has 0 bridgehead atoms. The van der Waals surface area contributed by atoms with E-state index in [2.05, 4.69) is 43.5 Å². The van der Waals surface area contributed by atoms with Crippen molar-refractivity contribution in [3.05, 3.63) is 36.5 Å². The molecule has 0 saturated heterocycles. The summed E-state index contributed by atoms with van der Waals surface area (Å²) in [5.41, 5.74) is 0. The van der Waals surface area contributed by atoms with Gasteiger partial charge in [0.05, 0.1) is 31.3 Å². The number of hydrogen-bond acceptors (Lipinski definition) is 11. The second kappa shape index (κ2) is 39.5. The summed E-state index contributed by atoms with van der Waals surface area (Å²) in [5.74, 6) is -0.605. The molecule has 376 valence electrons. The van der Waals surface area contributed by atoms with Crippen LogP contribution in [0.2, 0.25) is 0 Å².